The lowest BCUT2D eigenvalue weighted by Gasteiger charge is -2.13. The van der Waals surface area contributed by atoms with E-state index in [1.165, 1.54) is 18.2 Å². The van der Waals surface area contributed by atoms with E-state index < -0.39 is 6.61 Å². The zero-order valence-electron chi connectivity index (χ0n) is 16.6. The lowest BCUT2D eigenvalue weighted by Crippen LogP contribution is -2.24. The Morgan fingerprint density at radius 1 is 1.29 bits per heavy atom. The topological polar surface area (TPSA) is 73.2 Å². The fraction of sp³-hybridized carbons (Fsp3) is 0.286. The van der Waals surface area contributed by atoms with Gasteiger partial charge in [-0.25, -0.2) is 4.98 Å². The highest BCUT2D eigenvalue weighted by Crippen LogP contribution is 2.29. The fourth-order valence-electron chi connectivity index (χ4n) is 2.87. The molecule has 10 heteroatoms. The number of benzene rings is 2. The molecule has 0 radical (unpaired) electrons. The number of unbranched alkanes of at least 4 members (excludes halogenated alkanes) is 1. The van der Waals surface area contributed by atoms with Crippen molar-refractivity contribution in [2.75, 3.05) is 11.1 Å². The van der Waals surface area contributed by atoms with Crippen molar-refractivity contribution in [3.05, 3.63) is 57.8 Å². The molecule has 3 aromatic rings. The van der Waals surface area contributed by atoms with E-state index in [2.05, 4.69) is 15.0 Å². The summed E-state index contributed by atoms with van der Waals surface area (Å²) in [5.41, 5.74) is 0.778. The normalized spacial score (nSPS) is 11.1. The van der Waals surface area contributed by atoms with Gasteiger partial charge in [0.25, 0.3) is 5.56 Å². The van der Waals surface area contributed by atoms with E-state index >= 15 is 0 Å². The summed E-state index contributed by atoms with van der Waals surface area (Å²) in [6.45, 7) is -0.449. The van der Waals surface area contributed by atoms with Gasteiger partial charge in [-0.3, -0.25) is 14.2 Å². The van der Waals surface area contributed by atoms with Gasteiger partial charge in [0.05, 0.1) is 21.7 Å². The van der Waals surface area contributed by atoms with Gasteiger partial charge in [0, 0.05) is 12.2 Å². The third-order valence-corrected chi connectivity index (χ3v) is 5.60. The van der Waals surface area contributed by atoms with Crippen molar-refractivity contribution >= 4 is 45.9 Å². The first-order valence-corrected chi connectivity index (χ1v) is 10.9. The number of amides is 1. The van der Waals surface area contributed by atoms with Crippen molar-refractivity contribution in [2.45, 2.75) is 38.1 Å². The van der Waals surface area contributed by atoms with E-state index in [0.717, 1.165) is 24.6 Å². The van der Waals surface area contributed by atoms with Crippen LogP contribution in [0.15, 0.2) is 52.4 Å². The number of rotatable bonds is 9. The number of ether oxygens (including phenoxy) is 1. The molecule has 3 rings (SSSR count). The number of hydrogen-bond donors (Lipinski definition) is 1. The Balaban J connectivity index is 1.73. The van der Waals surface area contributed by atoms with Crippen LogP contribution in [0.5, 0.6) is 5.75 Å². The Bertz CT molecular complexity index is 1140. The van der Waals surface area contributed by atoms with Crippen LogP contribution in [0.4, 0.5) is 14.5 Å². The number of thioether (sulfide) groups is 1. The first kappa shape index (κ1) is 23.0. The molecule has 1 heterocycles. The summed E-state index contributed by atoms with van der Waals surface area (Å²) in [6.07, 6.45) is 1.72. The number of fused-ring (bicyclic) bond motifs is 1. The largest absolute Gasteiger partial charge is 0.433 e. The van der Waals surface area contributed by atoms with Crippen LogP contribution >= 0.6 is 23.4 Å². The van der Waals surface area contributed by atoms with Gasteiger partial charge in [-0.1, -0.05) is 48.8 Å². The molecule has 0 saturated carbocycles. The maximum Gasteiger partial charge on any atom is 0.387 e. The maximum absolute atomic E-state index is 12.9. The minimum atomic E-state index is -2.99. The Kier molecular flexibility index (Phi) is 7.86. The van der Waals surface area contributed by atoms with Gasteiger partial charge in [-0.2, -0.15) is 8.78 Å². The predicted molar refractivity (Wildman–Crippen MR) is 118 cm³/mol. The number of nitrogens with one attached hydrogen (secondary N) is 1. The highest BCUT2D eigenvalue weighted by atomic mass is 35.5. The van der Waals surface area contributed by atoms with Crippen LogP contribution < -0.4 is 15.6 Å². The molecular formula is C21H20ClF2N3O3S. The quantitative estimate of drug-likeness (QED) is 0.346. The van der Waals surface area contributed by atoms with E-state index in [1.54, 1.807) is 28.8 Å². The number of para-hydroxylation sites is 1. The lowest BCUT2D eigenvalue weighted by molar-refractivity contribution is -0.113. The molecule has 1 amide bonds. The van der Waals surface area contributed by atoms with Gasteiger partial charge < -0.3 is 10.1 Å². The predicted octanol–water partition coefficient (Wildman–Crippen LogP) is 5.18. The number of anilines is 1. The van der Waals surface area contributed by atoms with Gasteiger partial charge in [0.1, 0.15) is 5.75 Å². The zero-order valence-corrected chi connectivity index (χ0v) is 18.2. The molecule has 164 valence electrons. The average molecular weight is 468 g/mol. The second-order valence-electron chi connectivity index (χ2n) is 6.58. The van der Waals surface area contributed by atoms with Gasteiger partial charge in [0.2, 0.25) is 5.91 Å². The molecule has 1 N–H and O–H groups in total. The third kappa shape index (κ3) is 5.95. The number of hydrogen-bond acceptors (Lipinski definition) is 5. The summed E-state index contributed by atoms with van der Waals surface area (Å²) < 4.78 is 30.5. The Hall–Kier alpha value is -2.65. The summed E-state index contributed by atoms with van der Waals surface area (Å²) in [4.78, 5) is 29.8. The molecule has 0 saturated heterocycles. The Morgan fingerprint density at radius 2 is 2.06 bits per heavy atom. The van der Waals surface area contributed by atoms with E-state index in [-0.39, 0.29) is 28.0 Å². The monoisotopic (exact) mass is 467 g/mol. The second kappa shape index (κ2) is 10.6. The SMILES string of the molecule is CCCCn1c(SCC(=O)Nc2ccc(OC(F)F)c(Cl)c2)nc2ccccc2c1=O. The molecule has 0 aliphatic rings. The molecule has 0 bridgehead atoms. The molecule has 6 nitrogen and oxygen atoms in total. The van der Waals surface area contributed by atoms with Gasteiger partial charge in [0.15, 0.2) is 5.16 Å². The highest BCUT2D eigenvalue weighted by Gasteiger charge is 2.14. The van der Waals surface area contributed by atoms with Crippen molar-refractivity contribution in [3.8, 4) is 5.75 Å². The molecule has 0 fully saturated rings. The number of carbonyl (C=O) groups excluding carboxylic acids is 1. The molecule has 31 heavy (non-hydrogen) atoms. The van der Waals surface area contributed by atoms with Crippen LogP contribution in [0.3, 0.4) is 0 Å². The second-order valence-corrected chi connectivity index (χ2v) is 7.93. The molecule has 0 aliphatic heterocycles. The summed E-state index contributed by atoms with van der Waals surface area (Å²) >= 11 is 7.06. The molecule has 1 aromatic heterocycles. The first-order chi connectivity index (χ1) is 14.9. The number of nitrogens with zero attached hydrogens (tertiary/aromatic N) is 2. The molecule has 0 aliphatic carbocycles. The van der Waals surface area contributed by atoms with Gasteiger partial charge in [-0.15, -0.1) is 0 Å². The van der Waals surface area contributed by atoms with E-state index in [0.29, 0.717) is 28.3 Å². The summed E-state index contributed by atoms with van der Waals surface area (Å²) in [7, 11) is 0. The van der Waals surface area contributed by atoms with Gasteiger partial charge >= 0.3 is 6.61 Å². The molecule has 2 aromatic carbocycles. The number of aromatic nitrogens is 2. The molecule has 0 spiro atoms. The third-order valence-electron chi connectivity index (χ3n) is 4.33. The molecule has 0 unspecified atom stereocenters. The zero-order chi connectivity index (χ0) is 22.4. The van der Waals surface area contributed by atoms with Crippen LogP contribution in [0.2, 0.25) is 5.02 Å². The van der Waals surface area contributed by atoms with Crippen molar-refractivity contribution in [2.24, 2.45) is 0 Å². The van der Waals surface area contributed by atoms with Crippen LogP contribution in [-0.2, 0) is 11.3 Å². The number of halogens is 3. The molecular weight excluding hydrogens is 448 g/mol. The maximum atomic E-state index is 12.9. The fourth-order valence-corrected chi connectivity index (χ4v) is 3.92. The number of carbonyl (C=O) groups is 1. The minimum absolute atomic E-state index is 0.00378. The Labute approximate surface area is 186 Å². The Morgan fingerprint density at radius 3 is 2.77 bits per heavy atom. The summed E-state index contributed by atoms with van der Waals surface area (Å²) in [6, 6.07) is 11.1. The highest BCUT2D eigenvalue weighted by molar-refractivity contribution is 7.99. The van der Waals surface area contributed by atoms with Crippen molar-refractivity contribution in [1.29, 1.82) is 0 Å². The smallest absolute Gasteiger partial charge is 0.387 e. The van der Waals surface area contributed by atoms with Crippen molar-refractivity contribution in [1.82, 2.24) is 9.55 Å². The lowest BCUT2D eigenvalue weighted by atomic mass is 10.2. The van der Waals surface area contributed by atoms with Crippen LogP contribution in [-0.4, -0.2) is 27.8 Å². The van der Waals surface area contributed by atoms with E-state index in [4.69, 9.17) is 11.6 Å². The standard InChI is InChI=1S/C21H20ClF2N3O3S/c1-2-3-10-27-19(29)14-6-4-5-7-16(14)26-21(27)31-12-18(28)25-13-8-9-17(15(22)11-13)30-20(23)24/h4-9,11,20H,2-3,10,12H2,1H3,(H,25,28). The number of alkyl halides is 2. The first-order valence-electron chi connectivity index (χ1n) is 9.55. The minimum Gasteiger partial charge on any atom is -0.433 e. The van der Waals surface area contributed by atoms with Gasteiger partial charge in [-0.05, 0) is 36.8 Å². The van der Waals surface area contributed by atoms with Crippen LogP contribution in [0.1, 0.15) is 19.8 Å². The summed E-state index contributed by atoms with van der Waals surface area (Å²) in [5, 5.41) is 3.60. The summed E-state index contributed by atoms with van der Waals surface area (Å²) in [5.74, 6) is -0.526. The average Bonchev–Trinajstić information content (AvgIpc) is 2.73. The molecule has 0 atom stereocenters. The van der Waals surface area contributed by atoms with Crippen LogP contribution in [0, 0.1) is 0 Å². The van der Waals surface area contributed by atoms with E-state index in [1.807, 2.05) is 6.92 Å². The van der Waals surface area contributed by atoms with E-state index in [9.17, 15) is 18.4 Å². The van der Waals surface area contributed by atoms with Crippen LogP contribution in [0.25, 0.3) is 10.9 Å². The van der Waals surface area contributed by atoms with Crippen molar-refractivity contribution in [3.63, 3.8) is 0 Å². The van der Waals surface area contributed by atoms with Crippen molar-refractivity contribution < 1.29 is 18.3 Å².